The minimum atomic E-state index is -0.137. The van der Waals surface area contributed by atoms with E-state index in [9.17, 15) is 4.79 Å². The number of para-hydroxylation sites is 1. The van der Waals surface area contributed by atoms with Gasteiger partial charge in [-0.05, 0) is 62.9 Å². The summed E-state index contributed by atoms with van der Waals surface area (Å²) < 4.78 is 16.9. The van der Waals surface area contributed by atoms with E-state index in [-0.39, 0.29) is 5.91 Å². The number of hydrogen-bond acceptors (Lipinski definition) is 4. The third-order valence-corrected chi connectivity index (χ3v) is 5.51. The molecule has 1 amide bonds. The van der Waals surface area contributed by atoms with Crippen LogP contribution in [0.5, 0.6) is 11.5 Å². The summed E-state index contributed by atoms with van der Waals surface area (Å²) in [6, 6.07) is 9.87. The highest BCUT2D eigenvalue weighted by atomic mass is 16.5. The molecule has 2 aromatic carbocycles. The van der Waals surface area contributed by atoms with Crippen LogP contribution in [0.2, 0.25) is 0 Å². The summed E-state index contributed by atoms with van der Waals surface area (Å²) in [5.74, 6) is 2.31. The van der Waals surface area contributed by atoms with Crippen LogP contribution in [0.1, 0.15) is 34.9 Å². The number of nitrogens with one attached hydrogen (secondary N) is 1. The molecule has 5 heteroatoms. The second-order valence-corrected chi connectivity index (χ2v) is 7.42. The Morgan fingerprint density at radius 2 is 1.83 bits per heavy atom. The van der Waals surface area contributed by atoms with Crippen molar-refractivity contribution in [3.63, 3.8) is 0 Å². The molecule has 0 spiro atoms. The Labute approximate surface area is 177 Å². The van der Waals surface area contributed by atoms with Crippen molar-refractivity contribution in [3.8, 4) is 11.5 Å². The summed E-state index contributed by atoms with van der Waals surface area (Å²) in [5, 5.41) is 4.00. The second-order valence-electron chi connectivity index (χ2n) is 7.42. The number of ether oxygens (including phenoxy) is 2. The Hall–Kier alpha value is -3.21. The number of hydrogen-bond donors (Lipinski definition) is 1. The fourth-order valence-corrected chi connectivity index (χ4v) is 3.72. The zero-order valence-electron chi connectivity index (χ0n) is 18.5. The summed E-state index contributed by atoms with van der Waals surface area (Å²) in [5.41, 5.74) is 5.67. The molecule has 0 aliphatic heterocycles. The molecule has 0 aliphatic rings. The smallest absolute Gasteiger partial charge is 0.244 e. The average Bonchev–Trinajstić information content (AvgIpc) is 3.02. The van der Waals surface area contributed by atoms with Crippen LogP contribution in [0.15, 0.2) is 40.8 Å². The van der Waals surface area contributed by atoms with Crippen LogP contribution >= 0.6 is 0 Å². The molecular formula is C25H29NO4. The lowest BCUT2D eigenvalue weighted by Crippen LogP contribution is -2.24. The van der Waals surface area contributed by atoms with Gasteiger partial charge in [-0.2, -0.15) is 0 Å². The molecule has 0 bridgehead atoms. The first-order chi connectivity index (χ1) is 14.4. The van der Waals surface area contributed by atoms with Crippen LogP contribution in [0.4, 0.5) is 0 Å². The largest absolute Gasteiger partial charge is 0.496 e. The van der Waals surface area contributed by atoms with Gasteiger partial charge in [0.2, 0.25) is 5.91 Å². The predicted molar refractivity (Wildman–Crippen MR) is 120 cm³/mol. The normalized spacial score (nSPS) is 11.6. The molecule has 0 aliphatic carbocycles. The van der Waals surface area contributed by atoms with Gasteiger partial charge in [-0.1, -0.05) is 18.2 Å². The SMILES string of the molecule is COc1ccccc1CCNC(=O)/C=C(\C)c1cc2c(C)c(C)oc2c(C)c1OC. The Bertz CT molecular complexity index is 1110. The van der Waals surface area contributed by atoms with Crippen molar-refractivity contribution < 1.29 is 18.7 Å². The Kier molecular flexibility index (Phi) is 6.50. The quantitative estimate of drug-likeness (QED) is 0.551. The molecule has 1 aromatic heterocycles. The number of carbonyl (C=O) groups is 1. The topological polar surface area (TPSA) is 60.7 Å². The van der Waals surface area contributed by atoms with Crippen molar-refractivity contribution in [2.24, 2.45) is 0 Å². The number of allylic oxidation sites excluding steroid dienone is 1. The highest BCUT2D eigenvalue weighted by Crippen LogP contribution is 2.38. The summed E-state index contributed by atoms with van der Waals surface area (Å²) in [4.78, 5) is 12.5. The van der Waals surface area contributed by atoms with Crippen LogP contribution in [-0.2, 0) is 11.2 Å². The van der Waals surface area contributed by atoms with E-state index in [1.165, 1.54) is 0 Å². The van der Waals surface area contributed by atoms with Crippen LogP contribution in [0.3, 0.4) is 0 Å². The fraction of sp³-hybridized carbons (Fsp3) is 0.320. The maximum absolute atomic E-state index is 12.5. The molecule has 5 nitrogen and oxygen atoms in total. The summed E-state index contributed by atoms with van der Waals surface area (Å²) >= 11 is 0. The molecule has 3 rings (SSSR count). The molecule has 3 aromatic rings. The standard InChI is InChI=1S/C25H29NO4/c1-15(13-23(27)26-12-11-19-9-7-8-10-22(19)28-5)20-14-21-16(2)18(4)30-25(21)17(3)24(20)29-6/h7-10,13-14H,11-12H2,1-6H3,(H,26,27)/b15-13+. The first-order valence-corrected chi connectivity index (χ1v) is 10.0. The van der Waals surface area contributed by atoms with Crippen molar-refractivity contribution in [1.29, 1.82) is 0 Å². The monoisotopic (exact) mass is 407 g/mol. The van der Waals surface area contributed by atoms with Crippen LogP contribution in [0, 0.1) is 20.8 Å². The van der Waals surface area contributed by atoms with Crippen molar-refractivity contribution >= 4 is 22.4 Å². The van der Waals surface area contributed by atoms with Gasteiger partial charge in [0.1, 0.15) is 22.8 Å². The van der Waals surface area contributed by atoms with E-state index in [2.05, 4.69) is 5.32 Å². The zero-order chi connectivity index (χ0) is 21.8. The number of aryl methyl sites for hydroxylation is 3. The maximum Gasteiger partial charge on any atom is 0.244 e. The second kappa shape index (κ2) is 9.08. The van der Waals surface area contributed by atoms with Crippen molar-refractivity contribution in [2.75, 3.05) is 20.8 Å². The van der Waals surface area contributed by atoms with Crippen LogP contribution < -0.4 is 14.8 Å². The Morgan fingerprint density at radius 3 is 2.53 bits per heavy atom. The predicted octanol–water partition coefficient (Wildman–Crippen LogP) is 5.14. The number of methoxy groups -OCH3 is 2. The van der Waals surface area contributed by atoms with Gasteiger partial charge in [-0.3, -0.25) is 4.79 Å². The van der Waals surface area contributed by atoms with Crippen molar-refractivity contribution in [3.05, 3.63) is 64.4 Å². The maximum atomic E-state index is 12.5. The molecule has 1 heterocycles. The summed E-state index contributed by atoms with van der Waals surface area (Å²) in [6.45, 7) is 8.43. The van der Waals surface area contributed by atoms with E-state index in [4.69, 9.17) is 13.9 Å². The molecule has 0 fully saturated rings. The summed E-state index contributed by atoms with van der Waals surface area (Å²) in [6.07, 6.45) is 2.32. The zero-order valence-corrected chi connectivity index (χ0v) is 18.5. The average molecular weight is 408 g/mol. The van der Waals surface area contributed by atoms with Gasteiger partial charge in [0, 0.05) is 29.1 Å². The Morgan fingerprint density at radius 1 is 1.10 bits per heavy atom. The minimum Gasteiger partial charge on any atom is -0.496 e. The van der Waals surface area contributed by atoms with Crippen molar-refractivity contribution in [2.45, 2.75) is 34.1 Å². The summed E-state index contributed by atoms with van der Waals surface area (Å²) in [7, 11) is 3.29. The third kappa shape index (κ3) is 4.20. The van der Waals surface area contributed by atoms with Gasteiger partial charge >= 0.3 is 0 Å². The van der Waals surface area contributed by atoms with Gasteiger partial charge in [0.15, 0.2) is 0 Å². The van der Waals surface area contributed by atoms with E-state index in [1.807, 2.05) is 58.0 Å². The number of rotatable bonds is 7. The van der Waals surface area contributed by atoms with Gasteiger partial charge < -0.3 is 19.2 Å². The highest BCUT2D eigenvalue weighted by molar-refractivity contribution is 5.98. The van der Waals surface area contributed by atoms with E-state index in [1.54, 1.807) is 20.3 Å². The van der Waals surface area contributed by atoms with E-state index < -0.39 is 0 Å². The fourth-order valence-electron chi connectivity index (χ4n) is 3.72. The number of furan rings is 1. The van der Waals surface area contributed by atoms with Gasteiger partial charge in [0.05, 0.1) is 14.2 Å². The van der Waals surface area contributed by atoms with Gasteiger partial charge in [-0.15, -0.1) is 0 Å². The lowest BCUT2D eigenvalue weighted by molar-refractivity contribution is -0.116. The first kappa shape index (κ1) is 21.5. The molecular weight excluding hydrogens is 378 g/mol. The number of fused-ring (bicyclic) bond motifs is 1. The number of carbonyl (C=O) groups excluding carboxylic acids is 1. The third-order valence-electron chi connectivity index (χ3n) is 5.51. The molecule has 1 N–H and O–H groups in total. The van der Waals surface area contributed by atoms with Crippen molar-refractivity contribution in [1.82, 2.24) is 5.32 Å². The highest BCUT2D eigenvalue weighted by Gasteiger charge is 2.18. The molecule has 0 saturated heterocycles. The lowest BCUT2D eigenvalue weighted by Gasteiger charge is -2.13. The van der Waals surface area contributed by atoms with E-state index >= 15 is 0 Å². The Balaban J connectivity index is 1.79. The molecule has 0 atom stereocenters. The minimum absolute atomic E-state index is 0.137. The van der Waals surface area contributed by atoms with Crippen LogP contribution in [0.25, 0.3) is 16.5 Å². The lowest BCUT2D eigenvalue weighted by atomic mass is 9.98. The molecule has 0 radical (unpaired) electrons. The number of amides is 1. The van der Waals surface area contributed by atoms with Gasteiger partial charge in [0.25, 0.3) is 0 Å². The van der Waals surface area contributed by atoms with Crippen LogP contribution in [-0.4, -0.2) is 26.7 Å². The molecule has 0 unspecified atom stereocenters. The van der Waals surface area contributed by atoms with E-state index in [0.29, 0.717) is 13.0 Å². The molecule has 158 valence electrons. The molecule has 30 heavy (non-hydrogen) atoms. The molecule has 0 saturated carbocycles. The number of benzene rings is 2. The van der Waals surface area contributed by atoms with E-state index in [0.717, 1.165) is 56.1 Å². The first-order valence-electron chi connectivity index (χ1n) is 10.0. The van der Waals surface area contributed by atoms with Gasteiger partial charge in [-0.25, -0.2) is 0 Å².